The Labute approximate surface area is 183 Å². The number of rotatable bonds is 7. The van der Waals surface area contributed by atoms with E-state index in [1.807, 2.05) is 18.2 Å². The second-order valence-electron chi connectivity index (χ2n) is 9.27. The fraction of sp³-hybridized carbons (Fsp3) is 0.520. The Balaban J connectivity index is 1.29. The predicted octanol–water partition coefficient (Wildman–Crippen LogP) is 2.57. The summed E-state index contributed by atoms with van der Waals surface area (Å²) in [6.07, 6.45) is 1.03. The average molecular weight is 427 g/mol. The van der Waals surface area contributed by atoms with Crippen molar-refractivity contribution >= 4 is 0 Å². The van der Waals surface area contributed by atoms with E-state index in [2.05, 4.69) is 34.1 Å². The van der Waals surface area contributed by atoms with Gasteiger partial charge < -0.3 is 14.6 Å². The molecule has 0 radical (unpaired) electrons. The van der Waals surface area contributed by atoms with Crippen molar-refractivity contribution < 1.29 is 19.0 Å². The monoisotopic (exact) mass is 426 g/mol. The van der Waals surface area contributed by atoms with Gasteiger partial charge in [-0.2, -0.15) is 0 Å². The molecule has 0 aromatic heterocycles. The maximum atomic E-state index is 14.5. The predicted molar refractivity (Wildman–Crippen MR) is 116 cm³/mol. The van der Waals surface area contributed by atoms with Crippen LogP contribution in [0.2, 0.25) is 0 Å². The van der Waals surface area contributed by atoms with E-state index in [-0.39, 0.29) is 30.0 Å². The Morgan fingerprint density at radius 2 is 1.94 bits per heavy atom. The van der Waals surface area contributed by atoms with Gasteiger partial charge in [0.2, 0.25) is 0 Å². The number of benzene rings is 2. The van der Waals surface area contributed by atoms with Crippen molar-refractivity contribution in [3.63, 3.8) is 0 Å². The number of aliphatic hydroxyl groups excluding tert-OH is 1. The van der Waals surface area contributed by atoms with Gasteiger partial charge in [0.25, 0.3) is 0 Å². The van der Waals surface area contributed by atoms with E-state index in [9.17, 15) is 9.50 Å². The average Bonchev–Trinajstić information content (AvgIpc) is 3.21. The van der Waals surface area contributed by atoms with Crippen LogP contribution < -0.4 is 4.74 Å². The van der Waals surface area contributed by atoms with Gasteiger partial charge >= 0.3 is 0 Å². The van der Waals surface area contributed by atoms with Crippen molar-refractivity contribution in [3.8, 4) is 5.75 Å². The van der Waals surface area contributed by atoms with Gasteiger partial charge in [-0.25, -0.2) is 4.39 Å². The second kappa shape index (κ2) is 8.51. The summed E-state index contributed by atoms with van der Waals surface area (Å²) in [6.45, 7) is 5.03. The van der Waals surface area contributed by atoms with Gasteiger partial charge in [-0.1, -0.05) is 36.4 Å². The number of methoxy groups -OCH3 is 1. The summed E-state index contributed by atoms with van der Waals surface area (Å²) in [7, 11) is 1.55. The highest BCUT2D eigenvalue weighted by Gasteiger charge is 2.61. The van der Waals surface area contributed by atoms with Crippen molar-refractivity contribution in [2.75, 3.05) is 46.4 Å². The van der Waals surface area contributed by atoms with E-state index >= 15 is 0 Å². The minimum atomic E-state index is -0.268. The Bertz CT molecular complexity index is 911. The molecular weight excluding hydrogens is 395 g/mol. The van der Waals surface area contributed by atoms with Crippen LogP contribution in [0.4, 0.5) is 4.39 Å². The Hall–Kier alpha value is -1.99. The van der Waals surface area contributed by atoms with Gasteiger partial charge in [-0.05, 0) is 18.1 Å². The smallest absolute Gasteiger partial charge is 0.131 e. The van der Waals surface area contributed by atoms with Crippen LogP contribution in [0.25, 0.3) is 0 Å². The molecule has 1 N–H and O–H groups in total. The molecule has 2 bridgehead atoms. The van der Waals surface area contributed by atoms with Gasteiger partial charge in [-0.15, -0.1) is 0 Å². The number of aliphatic hydroxyl groups is 1. The van der Waals surface area contributed by atoms with E-state index < -0.39 is 0 Å². The quantitative estimate of drug-likeness (QED) is 0.737. The summed E-state index contributed by atoms with van der Waals surface area (Å²) >= 11 is 0. The van der Waals surface area contributed by atoms with Gasteiger partial charge in [0.1, 0.15) is 11.6 Å². The molecule has 4 atom stereocenters. The van der Waals surface area contributed by atoms with Crippen LogP contribution in [0.5, 0.6) is 5.75 Å². The molecule has 2 aromatic rings. The molecular formula is C25H31FN2O3. The highest BCUT2D eigenvalue weighted by Crippen LogP contribution is 2.49. The summed E-state index contributed by atoms with van der Waals surface area (Å²) in [5.74, 6) is 0.769. The van der Waals surface area contributed by atoms with E-state index in [1.54, 1.807) is 7.11 Å². The van der Waals surface area contributed by atoms with Gasteiger partial charge in [0.05, 0.1) is 18.8 Å². The van der Waals surface area contributed by atoms with Crippen molar-refractivity contribution in [2.24, 2.45) is 11.8 Å². The van der Waals surface area contributed by atoms with Gasteiger partial charge in [0.15, 0.2) is 0 Å². The summed E-state index contributed by atoms with van der Waals surface area (Å²) in [5, 5.41) is 10.1. The van der Waals surface area contributed by atoms with E-state index in [0.29, 0.717) is 23.8 Å². The standard InChI is InChI=1S/C25H31FN2O3/c1-30-20-8-7-19(23(26)11-20)12-28-14-24-21(15-29)22-13-27(16-25(22,17-28)31-24)10-9-18-5-3-2-4-6-18/h2-8,11,21-22,24,29H,9-10,12-17H2,1H3/t21-,22+,24+,25-/m0/s1. The molecule has 3 heterocycles. The van der Waals surface area contributed by atoms with Crippen LogP contribution in [0.3, 0.4) is 0 Å². The fourth-order valence-electron chi connectivity index (χ4n) is 5.87. The van der Waals surface area contributed by atoms with Crippen molar-refractivity contribution in [2.45, 2.75) is 24.7 Å². The zero-order valence-electron chi connectivity index (χ0n) is 18.0. The molecule has 2 aromatic carbocycles. The lowest BCUT2D eigenvalue weighted by Gasteiger charge is -2.40. The highest BCUT2D eigenvalue weighted by atomic mass is 19.1. The number of hydrogen-bond acceptors (Lipinski definition) is 5. The fourth-order valence-corrected chi connectivity index (χ4v) is 5.87. The molecule has 3 fully saturated rings. The van der Waals surface area contributed by atoms with Crippen LogP contribution in [0, 0.1) is 17.7 Å². The normalized spacial score (nSPS) is 30.5. The largest absolute Gasteiger partial charge is 0.497 e. The van der Waals surface area contributed by atoms with Crippen LogP contribution in [0.15, 0.2) is 48.5 Å². The van der Waals surface area contributed by atoms with Gasteiger partial charge in [0, 0.05) is 69.3 Å². The highest BCUT2D eigenvalue weighted by molar-refractivity contribution is 5.29. The first-order valence-corrected chi connectivity index (χ1v) is 11.2. The topological polar surface area (TPSA) is 45.2 Å². The van der Waals surface area contributed by atoms with Crippen LogP contribution in [-0.4, -0.2) is 73.1 Å². The molecule has 0 amide bonds. The Morgan fingerprint density at radius 1 is 1.13 bits per heavy atom. The first-order chi connectivity index (χ1) is 15.1. The zero-order chi connectivity index (χ0) is 21.4. The third kappa shape index (κ3) is 3.98. The molecule has 3 aliphatic rings. The number of likely N-dealkylation sites (tertiary alicyclic amines) is 2. The SMILES string of the molecule is COc1ccc(CN2C[C@H]3O[C@@]4(CN(CCc5ccccc5)C[C@@H]4[C@@H]3CO)C2)c(F)c1. The lowest BCUT2D eigenvalue weighted by molar-refractivity contribution is -0.119. The summed E-state index contributed by atoms with van der Waals surface area (Å²) in [4.78, 5) is 4.79. The molecule has 31 heavy (non-hydrogen) atoms. The minimum Gasteiger partial charge on any atom is -0.497 e. The number of halogens is 1. The molecule has 0 aliphatic carbocycles. The Kier molecular flexibility index (Phi) is 5.73. The Morgan fingerprint density at radius 3 is 2.68 bits per heavy atom. The van der Waals surface area contributed by atoms with Crippen LogP contribution >= 0.6 is 0 Å². The molecule has 5 nitrogen and oxygen atoms in total. The number of nitrogens with zero attached hydrogens (tertiary/aromatic N) is 2. The van der Waals surface area contributed by atoms with Crippen molar-refractivity contribution in [1.82, 2.24) is 9.80 Å². The third-order valence-electron chi connectivity index (χ3n) is 7.36. The number of fused-ring (bicyclic) bond motifs is 1. The maximum absolute atomic E-state index is 14.5. The first-order valence-electron chi connectivity index (χ1n) is 11.2. The van der Waals surface area contributed by atoms with Crippen LogP contribution in [0.1, 0.15) is 11.1 Å². The number of ether oxygens (including phenoxy) is 2. The molecule has 6 heteroatoms. The number of hydrogen-bond donors (Lipinski definition) is 1. The molecule has 5 rings (SSSR count). The molecule has 1 spiro atoms. The molecule has 3 aliphatic heterocycles. The maximum Gasteiger partial charge on any atom is 0.131 e. The second-order valence-corrected chi connectivity index (χ2v) is 9.27. The molecule has 3 saturated heterocycles. The van der Waals surface area contributed by atoms with E-state index in [1.165, 1.54) is 11.6 Å². The third-order valence-corrected chi connectivity index (χ3v) is 7.36. The first kappa shape index (κ1) is 20.9. The lowest BCUT2D eigenvalue weighted by Crippen LogP contribution is -2.53. The lowest BCUT2D eigenvalue weighted by atomic mass is 9.83. The summed E-state index contributed by atoms with van der Waals surface area (Å²) in [5.41, 5.74) is 1.75. The van der Waals surface area contributed by atoms with E-state index in [0.717, 1.165) is 39.1 Å². The molecule has 0 saturated carbocycles. The molecule has 166 valence electrons. The van der Waals surface area contributed by atoms with E-state index in [4.69, 9.17) is 9.47 Å². The van der Waals surface area contributed by atoms with Gasteiger partial charge in [-0.3, -0.25) is 9.80 Å². The molecule has 0 unspecified atom stereocenters. The van der Waals surface area contributed by atoms with Crippen molar-refractivity contribution in [3.05, 3.63) is 65.5 Å². The number of morpholine rings is 1. The summed E-state index contributed by atoms with van der Waals surface area (Å²) in [6, 6.07) is 15.6. The van der Waals surface area contributed by atoms with Crippen LogP contribution in [-0.2, 0) is 17.7 Å². The minimum absolute atomic E-state index is 0.0151. The van der Waals surface area contributed by atoms with Crippen molar-refractivity contribution in [1.29, 1.82) is 0 Å². The zero-order valence-corrected chi connectivity index (χ0v) is 18.0. The summed E-state index contributed by atoms with van der Waals surface area (Å²) < 4.78 is 26.2.